The van der Waals surface area contributed by atoms with Gasteiger partial charge in [0.1, 0.15) is 23.7 Å². The summed E-state index contributed by atoms with van der Waals surface area (Å²) < 4.78 is 7.38. The standard InChI is InChI=1S/C20H25N5O2/c1-24-18(13-26)22-23-20(24)15-8-10-25(11-9-15)12-16-7-6-14-4-3-5-17(27-2)19(14)21-16/h3-7,15,26H,8-13H2,1-2H3. The van der Waals surface area contributed by atoms with Crippen LogP contribution in [0.4, 0.5) is 0 Å². The van der Waals surface area contributed by atoms with Crippen LogP contribution in [0.1, 0.15) is 36.1 Å². The second-order valence-electron chi connectivity index (χ2n) is 7.08. The van der Waals surface area contributed by atoms with Gasteiger partial charge < -0.3 is 14.4 Å². The molecule has 1 aliphatic heterocycles. The highest BCUT2D eigenvalue weighted by molar-refractivity contribution is 5.84. The maximum absolute atomic E-state index is 9.30. The molecule has 0 aliphatic carbocycles. The van der Waals surface area contributed by atoms with Gasteiger partial charge in [0.25, 0.3) is 0 Å². The Balaban J connectivity index is 1.43. The number of methoxy groups -OCH3 is 1. The lowest BCUT2D eigenvalue weighted by molar-refractivity contribution is 0.198. The van der Waals surface area contributed by atoms with E-state index in [-0.39, 0.29) is 6.61 Å². The highest BCUT2D eigenvalue weighted by Crippen LogP contribution is 2.28. The van der Waals surface area contributed by atoms with Crippen LogP contribution in [0.5, 0.6) is 5.75 Å². The summed E-state index contributed by atoms with van der Waals surface area (Å²) in [4.78, 5) is 7.26. The van der Waals surface area contributed by atoms with Crippen LogP contribution in [0.25, 0.3) is 10.9 Å². The van der Waals surface area contributed by atoms with E-state index in [1.165, 1.54) is 0 Å². The molecule has 0 radical (unpaired) electrons. The van der Waals surface area contributed by atoms with Crippen LogP contribution in [0.15, 0.2) is 30.3 Å². The SMILES string of the molecule is COc1cccc2ccc(CN3CCC(c4nnc(CO)n4C)CC3)nc12. The van der Waals surface area contributed by atoms with Crippen LogP contribution in [-0.4, -0.2) is 50.0 Å². The Morgan fingerprint density at radius 2 is 1.96 bits per heavy atom. The summed E-state index contributed by atoms with van der Waals surface area (Å²) in [5.74, 6) is 2.81. The van der Waals surface area contributed by atoms with Crippen molar-refractivity contribution in [3.8, 4) is 5.75 Å². The summed E-state index contributed by atoms with van der Waals surface area (Å²) in [6, 6.07) is 10.2. The Morgan fingerprint density at radius 3 is 2.67 bits per heavy atom. The van der Waals surface area contributed by atoms with Crippen molar-refractivity contribution in [2.75, 3.05) is 20.2 Å². The predicted octanol–water partition coefficient (Wildman–Crippen LogP) is 2.24. The van der Waals surface area contributed by atoms with Gasteiger partial charge in [0, 0.05) is 24.9 Å². The van der Waals surface area contributed by atoms with Crippen LogP contribution in [0, 0.1) is 0 Å². The first kappa shape index (κ1) is 17.9. The fourth-order valence-corrected chi connectivity index (χ4v) is 3.86. The first-order valence-corrected chi connectivity index (χ1v) is 9.33. The van der Waals surface area contributed by atoms with Crippen molar-refractivity contribution in [2.24, 2.45) is 7.05 Å². The van der Waals surface area contributed by atoms with Gasteiger partial charge in [0.15, 0.2) is 5.82 Å². The van der Waals surface area contributed by atoms with Crippen molar-refractivity contribution in [1.82, 2.24) is 24.6 Å². The van der Waals surface area contributed by atoms with E-state index in [4.69, 9.17) is 9.72 Å². The normalized spacial score (nSPS) is 16.1. The molecule has 3 heterocycles. The van der Waals surface area contributed by atoms with E-state index >= 15 is 0 Å². The van der Waals surface area contributed by atoms with Crippen molar-refractivity contribution in [1.29, 1.82) is 0 Å². The van der Waals surface area contributed by atoms with Crippen LogP contribution in [0.2, 0.25) is 0 Å². The first-order valence-electron chi connectivity index (χ1n) is 9.33. The smallest absolute Gasteiger partial charge is 0.158 e. The summed E-state index contributed by atoms with van der Waals surface area (Å²) in [5, 5.41) is 18.7. The third-order valence-corrected chi connectivity index (χ3v) is 5.44. The molecule has 1 fully saturated rings. The lowest BCUT2D eigenvalue weighted by Crippen LogP contribution is -2.33. The van der Waals surface area contributed by atoms with Gasteiger partial charge in [-0.15, -0.1) is 10.2 Å². The molecule has 4 rings (SSSR count). The number of ether oxygens (including phenoxy) is 1. The number of hydrogen-bond donors (Lipinski definition) is 1. The van der Waals surface area contributed by atoms with Crippen LogP contribution < -0.4 is 4.74 Å². The molecule has 1 N–H and O–H groups in total. The topological polar surface area (TPSA) is 76.3 Å². The summed E-state index contributed by atoms with van der Waals surface area (Å²) >= 11 is 0. The first-order chi connectivity index (χ1) is 13.2. The van der Waals surface area contributed by atoms with E-state index in [9.17, 15) is 5.11 Å². The van der Waals surface area contributed by atoms with Gasteiger partial charge in [0.05, 0.1) is 12.8 Å². The number of rotatable bonds is 5. The fourth-order valence-electron chi connectivity index (χ4n) is 3.86. The zero-order chi connectivity index (χ0) is 18.8. The third-order valence-electron chi connectivity index (χ3n) is 5.44. The number of pyridine rings is 1. The summed E-state index contributed by atoms with van der Waals surface area (Å²) in [6.45, 7) is 2.76. The number of hydrogen-bond acceptors (Lipinski definition) is 6. The van der Waals surface area contributed by atoms with Gasteiger partial charge in [-0.3, -0.25) is 4.90 Å². The minimum atomic E-state index is -0.0700. The average molecular weight is 367 g/mol. The summed E-state index contributed by atoms with van der Waals surface area (Å²) in [7, 11) is 3.61. The Morgan fingerprint density at radius 1 is 1.15 bits per heavy atom. The lowest BCUT2D eigenvalue weighted by atomic mass is 9.96. The van der Waals surface area contributed by atoms with Gasteiger partial charge in [0.2, 0.25) is 0 Å². The number of benzene rings is 1. The number of aromatic nitrogens is 4. The summed E-state index contributed by atoms with van der Waals surface area (Å²) in [5.41, 5.74) is 1.98. The predicted molar refractivity (Wildman–Crippen MR) is 102 cm³/mol. The van der Waals surface area contributed by atoms with E-state index < -0.39 is 0 Å². The molecule has 0 saturated carbocycles. The molecule has 0 bridgehead atoms. The zero-order valence-corrected chi connectivity index (χ0v) is 15.8. The Labute approximate surface area is 158 Å². The molecule has 1 aliphatic rings. The van der Waals surface area contributed by atoms with Crippen molar-refractivity contribution >= 4 is 10.9 Å². The maximum Gasteiger partial charge on any atom is 0.158 e. The second-order valence-corrected chi connectivity index (χ2v) is 7.08. The molecular weight excluding hydrogens is 342 g/mol. The molecular formula is C20H25N5O2. The molecule has 0 amide bonds. The minimum Gasteiger partial charge on any atom is -0.494 e. The van der Waals surface area contributed by atoms with E-state index in [1.807, 2.05) is 23.7 Å². The van der Waals surface area contributed by atoms with Crippen molar-refractivity contribution in [3.05, 3.63) is 47.7 Å². The van der Waals surface area contributed by atoms with E-state index in [2.05, 4.69) is 33.3 Å². The van der Waals surface area contributed by atoms with Gasteiger partial charge >= 0.3 is 0 Å². The second kappa shape index (κ2) is 7.62. The van der Waals surface area contributed by atoms with Crippen LogP contribution >= 0.6 is 0 Å². The number of para-hydroxylation sites is 1. The number of aliphatic hydroxyl groups is 1. The van der Waals surface area contributed by atoms with E-state index in [1.54, 1.807) is 7.11 Å². The highest BCUT2D eigenvalue weighted by Gasteiger charge is 2.25. The Kier molecular flexibility index (Phi) is 5.05. The number of piperidine rings is 1. The molecule has 7 nitrogen and oxygen atoms in total. The highest BCUT2D eigenvalue weighted by atomic mass is 16.5. The fraction of sp³-hybridized carbons (Fsp3) is 0.450. The van der Waals surface area contributed by atoms with Crippen LogP contribution in [0.3, 0.4) is 0 Å². The summed E-state index contributed by atoms with van der Waals surface area (Å²) in [6.07, 6.45) is 2.07. The molecule has 1 saturated heterocycles. The van der Waals surface area contributed by atoms with E-state index in [0.717, 1.165) is 60.6 Å². The minimum absolute atomic E-state index is 0.0700. The maximum atomic E-state index is 9.30. The molecule has 3 aromatic rings. The van der Waals surface area contributed by atoms with Crippen molar-refractivity contribution in [2.45, 2.75) is 31.9 Å². The van der Waals surface area contributed by atoms with Gasteiger partial charge in [-0.25, -0.2) is 4.98 Å². The number of fused-ring (bicyclic) bond motifs is 1. The molecule has 2 aromatic heterocycles. The van der Waals surface area contributed by atoms with Crippen LogP contribution in [-0.2, 0) is 20.2 Å². The molecule has 1 aromatic carbocycles. The van der Waals surface area contributed by atoms with E-state index in [0.29, 0.717) is 11.7 Å². The molecule has 0 atom stereocenters. The Bertz CT molecular complexity index is 931. The number of likely N-dealkylation sites (tertiary alicyclic amines) is 1. The third kappa shape index (κ3) is 3.52. The number of nitrogens with zero attached hydrogens (tertiary/aromatic N) is 5. The molecule has 0 spiro atoms. The van der Waals surface area contributed by atoms with Crippen molar-refractivity contribution in [3.63, 3.8) is 0 Å². The Hall–Kier alpha value is -2.51. The number of aliphatic hydroxyl groups excluding tert-OH is 1. The average Bonchev–Trinajstić information content (AvgIpc) is 3.08. The van der Waals surface area contributed by atoms with Gasteiger partial charge in [-0.2, -0.15) is 0 Å². The largest absolute Gasteiger partial charge is 0.494 e. The van der Waals surface area contributed by atoms with Crippen molar-refractivity contribution < 1.29 is 9.84 Å². The molecule has 0 unspecified atom stereocenters. The quantitative estimate of drug-likeness (QED) is 0.745. The lowest BCUT2D eigenvalue weighted by Gasteiger charge is -2.31. The zero-order valence-electron chi connectivity index (χ0n) is 15.8. The molecule has 7 heteroatoms. The van der Waals surface area contributed by atoms with Gasteiger partial charge in [-0.1, -0.05) is 18.2 Å². The monoisotopic (exact) mass is 367 g/mol. The molecule has 142 valence electrons. The molecule has 27 heavy (non-hydrogen) atoms. The van der Waals surface area contributed by atoms with Gasteiger partial charge in [-0.05, 0) is 38.1 Å².